The predicted octanol–water partition coefficient (Wildman–Crippen LogP) is 0.00700. The topological polar surface area (TPSA) is 66.8 Å². The number of esters is 1. The first-order valence-corrected chi connectivity index (χ1v) is 4.60. The lowest BCUT2D eigenvalue weighted by Crippen LogP contribution is -2.32. The van der Waals surface area contributed by atoms with E-state index in [4.69, 9.17) is 21.6 Å². The summed E-state index contributed by atoms with van der Waals surface area (Å²) in [4.78, 5) is 10.6. The van der Waals surface area contributed by atoms with Gasteiger partial charge in [0.25, 0.3) is 0 Å². The Morgan fingerprint density at radius 3 is 2.57 bits per heavy atom. The average Bonchev–Trinajstić information content (AvgIpc) is 2.40. The molecular weight excluding hydrogens is 233 g/mol. The molecule has 8 heteroatoms. The number of hydrogen-bond donors (Lipinski definition) is 2. The summed E-state index contributed by atoms with van der Waals surface area (Å²) >= 11 is 6.09. The Labute approximate surface area is 88.0 Å². The van der Waals surface area contributed by atoms with Crippen molar-refractivity contribution in [3.63, 3.8) is 0 Å². The molecule has 1 aromatic rings. The van der Waals surface area contributed by atoms with E-state index < -0.39 is 24.4 Å². The monoisotopic (exact) mass is 238 g/mol. The lowest BCUT2D eigenvalue weighted by molar-refractivity contribution is 0.0602. The summed E-state index contributed by atoms with van der Waals surface area (Å²) in [7, 11) is -0.957. The summed E-state index contributed by atoms with van der Waals surface area (Å²) in [5.41, 5.74) is -0.503. The number of hydrogen-bond acceptors (Lipinski definition) is 5. The number of carbonyl (C=O) groups is 1. The fourth-order valence-electron chi connectivity index (χ4n) is 0.837. The first kappa shape index (κ1) is 11.4. The number of ether oxygens (including phenoxy) is 1. The molecule has 2 N–H and O–H groups in total. The molecule has 1 aromatic heterocycles. The summed E-state index contributed by atoms with van der Waals surface area (Å²) < 4.78 is 17.4. The molecule has 4 nitrogen and oxygen atoms in total. The second kappa shape index (κ2) is 4.27. The molecule has 0 saturated heterocycles. The zero-order valence-electron chi connectivity index (χ0n) is 6.95. The Morgan fingerprint density at radius 1 is 1.64 bits per heavy atom. The van der Waals surface area contributed by atoms with Crippen LogP contribution in [0.4, 0.5) is 4.39 Å². The summed E-state index contributed by atoms with van der Waals surface area (Å²) in [6, 6.07) is 0. The van der Waals surface area contributed by atoms with Crippen molar-refractivity contribution >= 4 is 41.5 Å². The van der Waals surface area contributed by atoms with Crippen molar-refractivity contribution in [3.8, 4) is 0 Å². The van der Waals surface area contributed by atoms with Crippen LogP contribution in [0.3, 0.4) is 0 Å². The Kier molecular flexibility index (Phi) is 3.49. The van der Waals surface area contributed by atoms with E-state index in [9.17, 15) is 9.18 Å². The van der Waals surface area contributed by atoms with E-state index in [0.29, 0.717) is 11.3 Å². The SMILES string of the molecule is COC(=O)c1sc(Cl)c(B(O)O)c1F. The summed E-state index contributed by atoms with van der Waals surface area (Å²) in [5.74, 6) is -1.96. The number of rotatable bonds is 2. The minimum absolute atomic E-state index is 0.182. The van der Waals surface area contributed by atoms with Gasteiger partial charge in [-0.25, -0.2) is 9.18 Å². The summed E-state index contributed by atoms with van der Waals surface area (Å²) in [6.45, 7) is 0. The van der Waals surface area contributed by atoms with E-state index in [-0.39, 0.29) is 9.21 Å². The molecule has 0 spiro atoms. The van der Waals surface area contributed by atoms with Crippen LogP contribution in [-0.4, -0.2) is 30.2 Å². The number of carbonyl (C=O) groups excluding carboxylic acids is 1. The van der Waals surface area contributed by atoms with Gasteiger partial charge < -0.3 is 14.8 Å². The second-order valence-corrected chi connectivity index (χ2v) is 3.92. The fourth-order valence-corrected chi connectivity index (χ4v) is 2.10. The van der Waals surface area contributed by atoms with E-state index in [1.807, 2.05) is 0 Å². The molecular formula is C6H5BClFO4S. The van der Waals surface area contributed by atoms with Gasteiger partial charge in [0.15, 0.2) is 0 Å². The van der Waals surface area contributed by atoms with Gasteiger partial charge in [0.05, 0.1) is 11.4 Å². The highest BCUT2D eigenvalue weighted by Crippen LogP contribution is 2.24. The largest absolute Gasteiger partial charge is 0.493 e. The second-order valence-electron chi connectivity index (χ2n) is 2.30. The van der Waals surface area contributed by atoms with Gasteiger partial charge in [0.2, 0.25) is 0 Å². The van der Waals surface area contributed by atoms with Gasteiger partial charge in [-0.2, -0.15) is 0 Å². The van der Waals surface area contributed by atoms with Crippen LogP contribution in [0.1, 0.15) is 9.67 Å². The molecule has 0 aromatic carbocycles. The van der Waals surface area contributed by atoms with Gasteiger partial charge in [0.1, 0.15) is 10.7 Å². The van der Waals surface area contributed by atoms with Crippen LogP contribution < -0.4 is 5.46 Å². The maximum atomic E-state index is 13.3. The van der Waals surface area contributed by atoms with Crippen molar-refractivity contribution in [1.82, 2.24) is 0 Å². The normalized spacial score (nSPS) is 10.1. The first-order chi connectivity index (χ1) is 6.49. The molecule has 1 heterocycles. The van der Waals surface area contributed by atoms with Crippen molar-refractivity contribution in [1.29, 1.82) is 0 Å². The Bertz CT molecular complexity index is 367. The molecule has 1 rings (SSSR count). The van der Waals surface area contributed by atoms with Crippen LogP contribution in [0.5, 0.6) is 0 Å². The standard InChI is InChI=1S/C6H5BClFO4S/c1-13-6(10)4-3(9)2(7(11)12)5(8)14-4/h11-12H,1H3. The lowest BCUT2D eigenvalue weighted by Gasteiger charge is -1.96. The zero-order valence-corrected chi connectivity index (χ0v) is 8.52. The number of thiophene rings is 1. The van der Waals surface area contributed by atoms with E-state index in [1.54, 1.807) is 0 Å². The van der Waals surface area contributed by atoms with E-state index >= 15 is 0 Å². The Morgan fingerprint density at radius 2 is 2.21 bits per heavy atom. The molecule has 14 heavy (non-hydrogen) atoms. The van der Waals surface area contributed by atoms with Crippen LogP contribution in [-0.2, 0) is 4.74 Å². The Hall–Kier alpha value is -0.625. The predicted molar refractivity (Wildman–Crippen MR) is 50.5 cm³/mol. The van der Waals surface area contributed by atoms with Crippen LogP contribution in [0, 0.1) is 5.82 Å². The van der Waals surface area contributed by atoms with Crippen molar-refractivity contribution in [2.75, 3.05) is 7.11 Å². The van der Waals surface area contributed by atoms with Crippen LogP contribution >= 0.6 is 22.9 Å². The third-order valence-corrected chi connectivity index (χ3v) is 2.85. The van der Waals surface area contributed by atoms with Gasteiger partial charge in [-0.05, 0) is 0 Å². The van der Waals surface area contributed by atoms with Gasteiger partial charge in [-0.15, -0.1) is 11.3 Å². The molecule has 76 valence electrons. The average molecular weight is 238 g/mol. The van der Waals surface area contributed by atoms with E-state index in [2.05, 4.69) is 4.74 Å². The van der Waals surface area contributed by atoms with Crippen LogP contribution in [0.25, 0.3) is 0 Å². The molecule has 0 fully saturated rings. The highest BCUT2D eigenvalue weighted by Gasteiger charge is 2.29. The number of halogens is 2. The molecule has 0 unspecified atom stereocenters. The van der Waals surface area contributed by atoms with E-state index in [0.717, 1.165) is 7.11 Å². The maximum absolute atomic E-state index is 13.3. The maximum Gasteiger partial charge on any atom is 0.493 e. The van der Waals surface area contributed by atoms with Gasteiger partial charge in [-0.1, -0.05) is 11.6 Å². The summed E-state index contributed by atoms with van der Waals surface area (Å²) in [6.07, 6.45) is 0. The third kappa shape index (κ3) is 1.90. The molecule has 0 bridgehead atoms. The number of methoxy groups -OCH3 is 1. The van der Waals surface area contributed by atoms with Gasteiger partial charge in [-0.3, -0.25) is 0 Å². The summed E-state index contributed by atoms with van der Waals surface area (Å²) in [5, 5.41) is 17.5. The molecule has 0 atom stereocenters. The first-order valence-electron chi connectivity index (χ1n) is 3.41. The van der Waals surface area contributed by atoms with Gasteiger partial charge >= 0.3 is 13.1 Å². The highest BCUT2D eigenvalue weighted by molar-refractivity contribution is 7.19. The smallest absolute Gasteiger partial charge is 0.465 e. The van der Waals surface area contributed by atoms with Crippen LogP contribution in [0.15, 0.2) is 0 Å². The molecule has 0 amide bonds. The fraction of sp³-hybridized carbons (Fsp3) is 0.167. The van der Waals surface area contributed by atoms with Crippen molar-refractivity contribution in [2.45, 2.75) is 0 Å². The zero-order chi connectivity index (χ0) is 10.9. The van der Waals surface area contributed by atoms with Crippen molar-refractivity contribution in [2.24, 2.45) is 0 Å². The molecule has 0 aliphatic heterocycles. The molecule has 0 saturated carbocycles. The molecule has 0 aliphatic rings. The molecule has 0 aliphatic carbocycles. The van der Waals surface area contributed by atoms with Gasteiger partial charge in [0, 0.05) is 5.46 Å². The molecule has 0 radical (unpaired) electrons. The van der Waals surface area contributed by atoms with Crippen molar-refractivity contribution < 1.29 is 24.0 Å². The minimum Gasteiger partial charge on any atom is -0.465 e. The highest BCUT2D eigenvalue weighted by atomic mass is 35.5. The van der Waals surface area contributed by atoms with Crippen molar-refractivity contribution in [3.05, 3.63) is 15.0 Å². The van der Waals surface area contributed by atoms with E-state index in [1.165, 1.54) is 0 Å². The minimum atomic E-state index is -2.04. The third-order valence-electron chi connectivity index (χ3n) is 1.47. The quantitative estimate of drug-likeness (QED) is 0.562. The lowest BCUT2D eigenvalue weighted by atomic mass is 9.82. The van der Waals surface area contributed by atoms with Crippen LogP contribution in [0.2, 0.25) is 4.34 Å². The Balaban J connectivity index is 3.23.